The van der Waals surface area contributed by atoms with E-state index >= 15 is 0 Å². The van der Waals surface area contributed by atoms with Crippen LogP contribution in [0.1, 0.15) is 29.9 Å². The van der Waals surface area contributed by atoms with Crippen molar-refractivity contribution < 1.29 is 23.0 Å². The Balaban J connectivity index is 1.76. The molecule has 0 radical (unpaired) electrons. The molecule has 2 atom stereocenters. The summed E-state index contributed by atoms with van der Waals surface area (Å²) in [5.41, 5.74) is 0.569. The number of ether oxygens (including phenoxy) is 2. The maximum Gasteiger partial charge on any atom is 0.275 e. The highest BCUT2D eigenvalue weighted by Gasteiger charge is 2.40. The molecule has 1 amide bonds. The number of rotatable bonds is 6. The fourth-order valence-electron chi connectivity index (χ4n) is 3.00. The summed E-state index contributed by atoms with van der Waals surface area (Å²) in [6.07, 6.45) is 2.49. The zero-order chi connectivity index (χ0) is 19.4. The van der Waals surface area contributed by atoms with Gasteiger partial charge in [-0.3, -0.25) is 4.79 Å². The molecule has 3 rings (SSSR count). The Morgan fingerprint density at radius 1 is 1.41 bits per heavy atom. The molecule has 0 spiro atoms. The van der Waals surface area contributed by atoms with Gasteiger partial charge in [-0.1, -0.05) is 13.8 Å². The second-order valence-corrected chi connectivity index (χ2v) is 6.76. The first-order valence-corrected chi connectivity index (χ1v) is 8.64. The van der Waals surface area contributed by atoms with Crippen molar-refractivity contribution in [3.05, 3.63) is 47.7 Å². The summed E-state index contributed by atoms with van der Waals surface area (Å²) >= 11 is 0. The average molecular weight is 377 g/mol. The van der Waals surface area contributed by atoms with E-state index in [4.69, 9.17) is 9.47 Å². The first-order valence-electron chi connectivity index (χ1n) is 8.64. The van der Waals surface area contributed by atoms with Crippen LogP contribution in [0.2, 0.25) is 0 Å². The predicted octanol–water partition coefficient (Wildman–Crippen LogP) is 3.14. The number of nitrogens with one attached hydrogen (secondary N) is 1. The van der Waals surface area contributed by atoms with Crippen LogP contribution in [0.5, 0.6) is 5.88 Å². The van der Waals surface area contributed by atoms with Crippen molar-refractivity contribution in [2.24, 2.45) is 5.92 Å². The number of hydrogen-bond acceptors (Lipinski definition) is 5. The molecular formula is C19H21F2N3O3. The van der Waals surface area contributed by atoms with E-state index in [2.05, 4.69) is 15.3 Å². The van der Waals surface area contributed by atoms with Crippen LogP contribution >= 0.6 is 0 Å². The first kappa shape index (κ1) is 19.2. The molecule has 0 saturated carbocycles. The number of amides is 1. The van der Waals surface area contributed by atoms with Crippen molar-refractivity contribution in [3.8, 4) is 5.88 Å². The van der Waals surface area contributed by atoms with E-state index in [9.17, 15) is 13.6 Å². The summed E-state index contributed by atoms with van der Waals surface area (Å²) in [7, 11) is 0. The molecule has 1 aliphatic rings. The minimum atomic E-state index is -0.639. The summed E-state index contributed by atoms with van der Waals surface area (Å²) in [5.74, 6) is -0.530. The molecule has 2 aromatic rings. The number of carbonyl (C=O) groups excluding carboxylic acids is 1. The fourth-order valence-corrected chi connectivity index (χ4v) is 3.00. The van der Waals surface area contributed by atoms with E-state index in [1.54, 1.807) is 6.07 Å². The standard InChI is InChI=1S/C19H21F2N3O3/c1-12-10-26-11-19(12,2)14-7-13(3-4-15(14)21)24-18(25)16-8-23-17(9-22-16)27-6-5-20/h3-4,7-9,12H,5-6,10-11H2,1-2H3,(H,24,25). The molecule has 1 aromatic carbocycles. The molecule has 2 unspecified atom stereocenters. The third-order valence-corrected chi connectivity index (χ3v) is 4.88. The van der Waals surface area contributed by atoms with Gasteiger partial charge in [-0.2, -0.15) is 0 Å². The van der Waals surface area contributed by atoms with Gasteiger partial charge in [0, 0.05) is 11.1 Å². The summed E-state index contributed by atoms with van der Waals surface area (Å²) in [4.78, 5) is 20.2. The SMILES string of the molecule is CC1COCC1(C)c1cc(NC(=O)c2cnc(OCCF)cn2)ccc1F. The quantitative estimate of drug-likeness (QED) is 0.837. The van der Waals surface area contributed by atoms with E-state index in [0.29, 0.717) is 24.5 Å². The smallest absolute Gasteiger partial charge is 0.275 e. The molecule has 0 aliphatic carbocycles. The van der Waals surface area contributed by atoms with Crippen molar-refractivity contribution in [3.63, 3.8) is 0 Å². The number of alkyl halides is 1. The summed E-state index contributed by atoms with van der Waals surface area (Å²) in [6, 6.07) is 4.46. The van der Waals surface area contributed by atoms with E-state index in [1.807, 2.05) is 13.8 Å². The lowest BCUT2D eigenvalue weighted by Crippen LogP contribution is -2.30. The molecule has 1 saturated heterocycles. The van der Waals surface area contributed by atoms with Crippen molar-refractivity contribution >= 4 is 11.6 Å². The molecular weight excluding hydrogens is 356 g/mol. The van der Waals surface area contributed by atoms with Gasteiger partial charge in [-0.15, -0.1) is 0 Å². The molecule has 0 bridgehead atoms. The average Bonchev–Trinajstić information content (AvgIpc) is 3.01. The van der Waals surface area contributed by atoms with Gasteiger partial charge >= 0.3 is 0 Å². The van der Waals surface area contributed by atoms with E-state index in [-0.39, 0.29) is 29.9 Å². The number of hydrogen-bond donors (Lipinski definition) is 1. The minimum Gasteiger partial charge on any atom is -0.474 e. The number of aromatic nitrogens is 2. The van der Waals surface area contributed by atoms with Crippen molar-refractivity contribution in [2.75, 3.05) is 31.8 Å². The maximum atomic E-state index is 14.4. The van der Waals surface area contributed by atoms with Crippen LogP contribution in [0, 0.1) is 11.7 Å². The normalized spacial score (nSPS) is 21.9. The number of carbonyl (C=O) groups is 1. The maximum absolute atomic E-state index is 14.4. The van der Waals surface area contributed by atoms with Crippen molar-refractivity contribution in [1.82, 2.24) is 9.97 Å². The molecule has 8 heteroatoms. The van der Waals surface area contributed by atoms with Crippen LogP contribution in [-0.2, 0) is 10.2 Å². The van der Waals surface area contributed by atoms with Gasteiger partial charge in [-0.25, -0.2) is 18.7 Å². The van der Waals surface area contributed by atoms with Gasteiger partial charge in [0.05, 0.1) is 25.6 Å². The first-order chi connectivity index (χ1) is 12.9. The minimum absolute atomic E-state index is 0.0669. The molecule has 1 aliphatic heterocycles. The highest BCUT2D eigenvalue weighted by atomic mass is 19.1. The van der Waals surface area contributed by atoms with E-state index < -0.39 is 18.0 Å². The molecule has 1 N–H and O–H groups in total. The number of benzene rings is 1. The third-order valence-electron chi connectivity index (χ3n) is 4.88. The zero-order valence-electron chi connectivity index (χ0n) is 15.2. The van der Waals surface area contributed by atoms with Crippen LogP contribution in [0.25, 0.3) is 0 Å². The Kier molecular flexibility index (Phi) is 5.65. The molecule has 6 nitrogen and oxygen atoms in total. The Hall–Kier alpha value is -2.61. The van der Waals surface area contributed by atoms with Crippen molar-refractivity contribution in [1.29, 1.82) is 0 Å². The second kappa shape index (κ2) is 7.96. The van der Waals surface area contributed by atoms with Gasteiger partial charge in [0.25, 0.3) is 5.91 Å². The van der Waals surface area contributed by atoms with Gasteiger partial charge in [0.15, 0.2) is 0 Å². The number of anilines is 1. The van der Waals surface area contributed by atoms with Crippen LogP contribution in [-0.4, -0.2) is 42.4 Å². The molecule has 1 aromatic heterocycles. The van der Waals surface area contributed by atoms with Crippen LogP contribution in [0.3, 0.4) is 0 Å². The van der Waals surface area contributed by atoms with Crippen molar-refractivity contribution in [2.45, 2.75) is 19.3 Å². The lowest BCUT2D eigenvalue weighted by Gasteiger charge is -2.28. The van der Waals surface area contributed by atoms with Gasteiger partial charge in [0.1, 0.15) is 24.8 Å². The Morgan fingerprint density at radius 3 is 2.85 bits per heavy atom. The highest BCUT2D eigenvalue weighted by Crippen LogP contribution is 2.39. The third kappa shape index (κ3) is 4.05. The van der Waals surface area contributed by atoms with Gasteiger partial charge < -0.3 is 14.8 Å². The molecule has 144 valence electrons. The Morgan fingerprint density at radius 2 is 2.22 bits per heavy atom. The van der Waals surface area contributed by atoms with Crippen LogP contribution in [0.15, 0.2) is 30.6 Å². The molecule has 2 heterocycles. The Bertz CT molecular complexity index is 816. The Labute approximate surface area is 155 Å². The summed E-state index contributed by atoms with van der Waals surface area (Å²) < 4.78 is 37.0. The summed E-state index contributed by atoms with van der Waals surface area (Å²) in [5, 5.41) is 2.69. The molecule has 1 fully saturated rings. The van der Waals surface area contributed by atoms with E-state index in [1.165, 1.54) is 24.5 Å². The predicted molar refractivity (Wildman–Crippen MR) is 95.2 cm³/mol. The topological polar surface area (TPSA) is 73.3 Å². The molecule has 27 heavy (non-hydrogen) atoms. The van der Waals surface area contributed by atoms with Crippen LogP contribution in [0.4, 0.5) is 14.5 Å². The summed E-state index contributed by atoms with van der Waals surface area (Å²) in [6.45, 7) is 4.20. The van der Waals surface area contributed by atoms with Crippen LogP contribution < -0.4 is 10.1 Å². The second-order valence-electron chi connectivity index (χ2n) is 6.76. The largest absolute Gasteiger partial charge is 0.474 e. The fraction of sp³-hybridized carbons (Fsp3) is 0.421. The lowest BCUT2D eigenvalue weighted by molar-refractivity contribution is 0.102. The van der Waals surface area contributed by atoms with Gasteiger partial charge in [0.2, 0.25) is 5.88 Å². The number of halogens is 2. The highest BCUT2D eigenvalue weighted by molar-refractivity contribution is 6.02. The number of nitrogens with zero attached hydrogens (tertiary/aromatic N) is 2. The zero-order valence-corrected chi connectivity index (χ0v) is 15.2. The lowest BCUT2D eigenvalue weighted by atomic mass is 9.75. The van der Waals surface area contributed by atoms with Gasteiger partial charge in [-0.05, 0) is 29.7 Å². The monoisotopic (exact) mass is 377 g/mol. The van der Waals surface area contributed by atoms with E-state index in [0.717, 1.165) is 0 Å².